The average Bonchev–Trinajstić information content (AvgIpc) is 2.84. The van der Waals surface area contributed by atoms with Gasteiger partial charge in [-0.3, -0.25) is 9.69 Å². The second kappa shape index (κ2) is 5.56. The summed E-state index contributed by atoms with van der Waals surface area (Å²) in [5.41, 5.74) is 0. The second-order valence-corrected chi connectivity index (χ2v) is 8.26. The van der Waals surface area contributed by atoms with Crippen molar-refractivity contribution in [1.29, 1.82) is 0 Å². The molecule has 1 amide bonds. The maximum absolute atomic E-state index is 11.8. The first kappa shape index (κ1) is 14.4. The zero-order valence-electron chi connectivity index (χ0n) is 10.9. The summed E-state index contributed by atoms with van der Waals surface area (Å²) < 4.78 is 22.8. The molecular formula is C11H17N3O3S2. The van der Waals surface area contributed by atoms with Crippen LogP contribution >= 0.6 is 11.3 Å². The van der Waals surface area contributed by atoms with Crippen molar-refractivity contribution in [2.45, 2.75) is 19.4 Å². The Kier molecular flexibility index (Phi) is 4.22. The summed E-state index contributed by atoms with van der Waals surface area (Å²) in [6, 6.07) is -0.0613. The lowest BCUT2D eigenvalue weighted by Crippen LogP contribution is -2.38. The maximum atomic E-state index is 11.8. The van der Waals surface area contributed by atoms with Gasteiger partial charge < -0.3 is 5.32 Å². The molecule has 1 aromatic rings. The number of carbonyl (C=O) groups excluding carboxylic acids is 1. The molecule has 2 rings (SSSR count). The van der Waals surface area contributed by atoms with Crippen LogP contribution in [0.5, 0.6) is 0 Å². The Bertz CT molecular complexity index is 567. The highest BCUT2D eigenvalue weighted by Crippen LogP contribution is 2.18. The zero-order valence-corrected chi connectivity index (χ0v) is 12.6. The summed E-state index contributed by atoms with van der Waals surface area (Å²) in [7, 11) is -1.14. The molecule has 1 unspecified atom stereocenters. The number of hydrogen-bond acceptors (Lipinski definition) is 6. The molecule has 2 heterocycles. The molecule has 8 heteroatoms. The van der Waals surface area contributed by atoms with Crippen LogP contribution in [-0.2, 0) is 14.6 Å². The summed E-state index contributed by atoms with van der Waals surface area (Å²) in [6.07, 6.45) is 2.30. The smallest absolute Gasteiger partial charge is 0.240 e. The van der Waals surface area contributed by atoms with Gasteiger partial charge in [0.1, 0.15) is 0 Å². The summed E-state index contributed by atoms with van der Waals surface area (Å²) in [4.78, 5) is 18.7. The Morgan fingerprint density at radius 1 is 1.63 bits per heavy atom. The molecule has 0 saturated carbocycles. The van der Waals surface area contributed by atoms with Gasteiger partial charge in [-0.2, -0.15) is 0 Å². The third kappa shape index (κ3) is 3.99. The van der Waals surface area contributed by atoms with Gasteiger partial charge in [0.05, 0.1) is 18.1 Å². The lowest BCUT2D eigenvalue weighted by atomic mass is 10.2. The summed E-state index contributed by atoms with van der Waals surface area (Å²) >= 11 is 1.42. The second-order valence-electron chi connectivity index (χ2n) is 4.80. The van der Waals surface area contributed by atoms with E-state index in [1.807, 2.05) is 6.92 Å². The van der Waals surface area contributed by atoms with Crippen LogP contribution in [0.3, 0.4) is 0 Å². The maximum Gasteiger partial charge on any atom is 0.240 e. The number of nitrogens with one attached hydrogen (secondary N) is 1. The van der Waals surface area contributed by atoms with Crippen molar-refractivity contribution >= 4 is 32.2 Å². The molecule has 6 nitrogen and oxygen atoms in total. The predicted molar refractivity (Wildman–Crippen MR) is 75.2 cm³/mol. The van der Waals surface area contributed by atoms with Gasteiger partial charge in [0.2, 0.25) is 5.91 Å². The number of nitrogens with zero attached hydrogens (tertiary/aromatic N) is 2. The topological polar surface area (TPSA) is 79.4 Å². The quantitative estimate of drug-likeness (QED) is 0.876. The minimum atomic E-state index is -2.92. The molecular weight excluding hydrogens is 286 g/mol. The van der Waals surface area contributed by atoms with Crippen LogP contribution in [0.4, 0.5) is 5.13 Å². The van der Waals surface area contributed by atoms with Gasteiger partial charge >= 0.3 is 0 Å². The fourth-order valence-electron chi connectivity index (χ4n) is 2.05. The molecule has 1 atom stereocenters. The standard InChI is InChI=1S/C11H17N3O3S2/c1-8-5-12-11(18-8)13-10(15)6-14(2)9-3-4-19(16,17)7-9/h5,9H,3-4,6-7H2,1-2H3,(H,12,13,15). The number of rotatable bonds is 4. The molecule has 19 heavy (non-hydrogen) atoms. The number of amides is 1. The normalized spacial score (nSPS) is 21.7. The number of aromatic nitrogens is 1. The van der Waals surface area contributed by atoms with Gasteiger partial charge in [-0.05, 0) is 20.4 Å². The fourth-order valence-corrected chi connectivity index (χ4v) is 4.54. The molecule has 0 radical (unpaired) electrons. The molecule has 1 aliphatic heterocycles. The van der Waals surface area contributed by atoms with E-state index in [4.69, 9.17) is 0 Å². The number of hydrogen-bond donors (Lipinski definition) is 1. The van der Waals surface area contributed by atoms with E-state index in [2.05, 4.69) is 10.3 Å². The SMILES string of the molecule is Cc1cnc(NC(=O)CN(C)C2CCS(=O)(=O)C2)s1. The van der Waals surface area contributed by atoms with Gasteiger partial charge in [-0.15, -0.1) is 11.3 Å². The van der Waals surface area contributed by atoms with Crippen LogP contribution < -0.4 is 5.32 Å². The van der Waals surface area contributed by atoms with Crippen LogP contribution in [0.25, 0.3) is 0 Å². The first-order valence-corrected chi connectivity index (χ1v) is 8.62. The number of anilines is 1. The molecule has 0 spiro atoms. The van der Waals surface area contributed by atoms with E-state index in [0.717, 1.165) is 4.88 Å². The minimum absolute atomic E-state index is 0.0613. The molecule has 0 aliphatic carbocycles. The van der Waals surface area contributed by atoms with E-state index in [9.17, 15) is 13.2 Å². The monoisotopic (exact) mass is 303 g/mol. The molecule has 1 N–H and O–H groups in total. The molecule has 1 saturated heterocycles. The van der Waals surface area contributed by atoms with Crippen molar-refractivity contribution < 1.29 is 13.2 Å². The third-order valence-electron chi connectivity index (χ3n) is 3.09. The Balaban J connectivity index is 1.85. The lowest BCUT2D eigenvalue weighted by molar-refractivity contribution is -0.117. The van der Waals surface area contributed by atoms with Gasteiger partial charge in [-0.25, -0.2) is 13.4 Å². The van der Waals surface area contributed by atoms with E-state index in [1.165, 1.54) is 11.3 Å². The van der Waals surface area contributed by atoms with Crippen LogP contribution in [0.1, 0.15) is 11.3 Å². The number of carbonyl (C=O) groups is 1. The van der Waals surface area contributed by atoms with Gasteiger partial charge in [0.25, 0.3) is 0 Å². The molecule has 1 aliphatic rings. The summed E-state index contributed by atoms with van der Waals surface area (Å²) in [5, 5.41) is 3.29. The van der Waals surface area contributed by atoms with Crippen molar-refractivity contribution in [2.75, 3.05) is 30.4 Å². The van der Waals surface area contributed by atoms with Gasteiger partial charge in [-0.1, -0.05) is 0 Å². The first-order chi connectivity index (χ1) is 8.85. The number of aryl methyl sites for hydroxylation is 1. The Hall–Kier alpha value is -0.990. The predicted octanol–water partition coefficient (Wildman–Crippen LogP) is 0.509. The zero-order chi connectivity index (χ0) is 14.0. The van der Waals surface area contributed by atoms with Crippen LogP contribution in [0, 0.1) is 6.92 Å². The van der Waals surface area contributed by atoms with Crippen LogP contribution in [-0.4, -0.2) is 55.3 Å². The fraction of sp³-hybridized carbons (Fsp3) is 0.636. The first-order valence-electron chi connectivity index (χ1n) is 5.99. The largest absolute Gasteiger partial charge is 0.301 e. The molecule has 1 aromatic heterocycles. The van der Waals surface area contributed by atoms with Crippen molar-refractivity contribution in [3.8, 4) is 0 Å². The van der Waals surface area contributed by atoms with E-state index < -0.39 is 9.84 Å². The average molecular weight is 303 g/mol. The number of likely N-dealkylation sites (N-methyl/N-ethyl adjacent to an activating group) is 1. The Morgan fingerprint density at radius 3 is 2.89 bits per heavy atom. The molecule has 1 fully saturated rings. The molecule has 0 bridgehead atoms. The van der Waals surface area contributed by atoms with E-state index in [-0.39, 0.29) is 30.0 Å². The van der Waals surface area contributed by atoms with Gasteiger partial charge in [0, 0.05) is 17.1 Å². The van der Waals surface area contributed by atoms with Crippen molar-refractivity contribution in [3.05, 3.63) is 11.1 Å². The van der Waals surface area contributed by atoms with E-state index in [1.54, 1.807) is 18.1 Å². The molecule has 106 valence electrons. The highest BCUT2D eigenvalue weighted by atomic mass is 32.2. The van der Waals surface area contributed by atoms with Crippen LogP contribution in [0.2, 0.25) is 0 Å². The summed E-state index contributed by atoms with van der Waals surface area (Å²) in [5.74, 6) is 0.198. The number of thiazole rings is 1. The Morgan fingerprint density at radius 2 is 2.37 bits per heavy atom. The Labute approximate surface area is 116 Å². The van der Waals surface area contributed by atoms with Crippen LogP contribution in [0.15, 0.2) is 6.20 Å². The lowest BCUT2D eigenvalue weighted by Gasteiger charge is -2.21. The third-order valence-corrected chi connectivity index (χ3v) is 5.67. The van der Waals surface area contributed by atoms with Gasteiger partial charge in [0.15, 0.2) is 15.0 Å². The minimum Gasteiger partial charge on any atom is -0.301 e. The van der Waals surface area contributed by atoms with E-state index >= 15 is 0 Å². The van der Waals surface area contributed by atoms with Crippen molar-refractivity contribution in [2.24, 2.45) is 0 Å². The number of sulfone groups is 1. The van der Waals surface area contributed by atoms with Crippen molar-refractivity contribution in [3.63, 3.8) is 0 Å². The van der Waals surface area contributed by atoms with E-state index in [0.29, 0.717) is 11.6 Å². The molecule has 0 aromatic carbocycles. The summed E-state index contributed by atoms with van der Waals surface area (Å²) in [6.45, 7) is 2.10. The highest BCUT2D eigenvalue weighted by Gasteiger charge is 2.31. The highest BCUT2D eigenvalue weighted by molar-refractivity contribution is 7.91. The van der Waals surface area contributed by atoms with Crippen molar-refractivity contribution in [1.82, 2.24) is 9.88 Å².